The minimum Gasteiger partial charge on any atom is -1.00 e. The summed E-state index contributed by atoms with van der Waals surface area (Å²) in [4.78, 5) is 54.1. The monoisotopic (exact) mass is 478 g/mol. The molecule has 14 nitrogen and oxygen atoms in total. The van der Waals surface area contributed by atoms with Gasteiger partial charge in [-0.2, -0.15) is 0 Å². The van der Waals surface area contributed by atoms with Gasteiger partial charge in [-0.05, 0) is 25.7 Å². The van der Waals surface area contributed by atoms with Gasteiger partial charge >= 0.3 is 83.0 Å². The molecule has 0 saturated heterocycles. The fourth-order valence-corrected chi connectivity index (χ4v) is 1.96. The van der Waals surface area contributed by atoms with Crippen molar-refractivity contribution in [2.45, 2.75) is 50.6 Å². The topological polar surface area (TPSA) is 268 Å². The van der Waals surface area contributed by atoms with Gasteiger partial charge in [0.15, 0.2) is 11.9 Å². The van der Waals surface area contributed by atoms with Crippen molar-refractivity contribution in [3.05, 3.63) is 0 Å². The molecule has 0 aliphatic carbocycles. The van der Waals surface area contributed by atoms with Gasteiger partial charge in [0.1, 0.15) is 12.1 Å². The average molecular weight is 478 g/mol. The Hall–Kier alpha value is -1.26. The van der Waals surface area contributed by atoms with Crippen LogP contribution in [0.25, 0.3) is 0 Å². The van der Waals surface area contributed by atoms with Crippen molar-refractivity contribution < 1.29 is 90.6 Å². The van der Waals surface area contributed by atoms with Gasteiger partial charge in [0.25, 0.3) is 0 Å². The Morgan fingerprint density at radius 1 is 0.688 bits per heavy atom. The predicted molar refractivity (Wildman–Crippen MR) is 109 cm³/mol. The minimum absolute atomic E-state index is 0. The Bertz CT molecular complexity index is 624. The zero-order valence-electron chi connectivity index (χ0n) is 20.6. The summed E-state index contributed by atoms with van der Waals surface area (Å²) in [5.41, 5.74) is 31.8. The molecule has 0 bridgehead atoms. The molecule has 16 heteroatoms. The van der Waals surface area contributed by atoms with Crippen LogP contribution in [0.5, 0.6) is 0 Å². The SMILES string of the molecule is NC(N)=NCCC[C@H](N)C(=O)OC(=O)CCC(=O)OC(=O)[C@@H](N)CCCN=C(N)N.[H-].[H-].[Na+].[Na+]. The average Bonchev–Trinajstić information content (AvgIpc) is 2.66. The van der Waals surface area contributed by atoms with Crippen molar-refractivity contribution in [2.75, 3.05) is 13.1 Å². The molecule has 0 aliphatic rings. The molecular weight excluding hydrogens is 446 g/mol. The Morgan fingerprint density at radius 2 is 1.00 bits per heavy atom. The molecule has 0 fully saturated rings. The van der Waals surface area contributed by atoms with E-state index < -0.39 is 48.8 Å². The van der Waals surface area contributed by atoms with E-state index in [9.17, 15) is 19.2 Å². The van der Waals surface area contributed by atoms with E-state index in [4.69, 9.17) is 34.4 Å². The van der Waals surface area contributed by atoms with Crippen LogP contribution in [-0.4, -0.2) is 61.0 Å². The number of ether oxygens (including phenoxy) is 2. The van der Waals surface area contributed by atoms with E-state index in [0.29, 0.717) is 12.8 Å². The van der Waals surface area contributed by atoms with Gasteiger partial charge in [-0.1, -0.05) is 0 Å². The fourth-order valence-electron chi connectivity index (χ4n) is 1.96. The van der Waals surface area contributed by atoms with Crippen molar-refractivity contribution in [1.82, 2.24) is 0 Å². The first-order chi connectivity index (χ1) is 14.0. The third-order valence-corrected chi connectivity index (χ3v) is 3.50. The van der Waals surface area contributed by atoms with E-state index >= 15 is 0 Å². The molecule has 0 rings (SSSR count). The zero-order chi connectivity index (χ0) is 23.1. The van der Waals surface area contributed by atoms with Gasteiger partial charge in [-0.3, -0.25) is 19.6 Å². The van der Waals surface area contributed by atoms with Crippen molar-refractivity contribution in [3.8, 4) is 0 Å². The molecule has 0 aromatic carbocycles. The van der Waals surface area contributed by atoms with Gasteiger partial charge in [0, 0.05) is 13.1 Å². The summed E-state index contributed by atoms with van der Waals surface area (Å²) in [5.74, 6) is -4.03. The Balaban J connectivity index is -0.000000701. The van der Waals surface area contributed by atoms with Gasteiger partial charge in [-0.25, -0.2) is 9.59 Å². The van der Waals surface area contributed by atoms with E-state index in [1.165, 1.54) is 0 Å². The normalized spacial score (nSPS) is 11.4. The molecule has 2 atom stereocenters. The molecule has 32 heavy (non-hydrogen) atoms. The van der Waals surface area contributed by atoms with Crippen LogP contribution in [0.3, 0.4) is 0 Å². The summed E-state index contributed by atoms with van der Waals surface area (Å²) in [6, 6.07) is -2.10. The number of nitrogens with two attached hydrogens (primary N) is 6. The van der Waals surface area contributed by atoms with E-state index in [2.05, 4.69) is 19.5 Å². The minimum atomic E-state index is -1.05. The first-order valence-corrected chi connectivity index (χ1v) is 9.13. The quantitative estimate of drug-likeness (QED) is 0.0359. The number of hydrogen-bond acceptors (Lipinski definition) is 10. The van der Waals surface area contributed by atoms with Crippen LogP contribution in [0.1, 0.15) is 41.4 Å². The number of esters is 4. The van der Waals surface area contributed by atoms with Crippen LogP contribution in [-0.2, 0) is 28.7 Å². The van der Waals surface area contributed by atoms with E-state index in [1.807, 2.05) is 0 Å². The van der Waals surface area contributed by atoms with Crippen molar-refractivity contribution >= 4 is 35.8 Å². The number of guanidine groups is 2. The number of rotatable bonds is 13. The van der Waals surface area contributed by atoms with Crippen LogP contribution in [0.4, 0.5) is 0 Å². The van der Waals surface area contributed by atoms with E-state index in [-0.39, 0.29) is 99.8 Å². The second kappa shape index (κ2) is 20.4. The molecule has 0 heterocycles. The Morgan fingerprint density at radius 3 is 1.28 bits per heavy atom. The first-order valence-electron chi connectivity index (χ1n) is 9.13. The predicted octanol–water partition coefficient (Wildman–Crippen LogP) is -9.10. The maximum Gasteiger partial charge on any atom is 1.00 e. The first kappa shape index (κ1) is 35.3. The maximum atomic E-state index is 11.7. The zero-order valence-corrected chi connectivity index (χ0v) is 22.6. The number of aliphatic imine (C=N–C) groups is 2. The van der Waals surface area contributed by atoms with Crippen molar-refractivity contribution in [3.63, 3.8) is 0 Å². The molecule has 0 radical (unpaired) electrons. The van der Waals surface area contributed by atoms with Crippen molar-refractivity contribution in [1.29, 1.82) is 0 Å². The fraction of sp³-hybridized carbons (Fsp3) is 0.625. The number of hydrogen-bond donors (Lipinski definition) is 6. The number of carbonyl (C=O) groups is 4. The molecule has 12 N–H and O–H groups in total. The summed E-state index contributed by atoms with van der Waals surface area (Å²) in [5, 5.41) is 0. The maximum absolute atomic E-state index is 11.7. The molecule has 174 valence electrons. The standard InChI is InChI=1S/C16H30N8O6.2Na.2H/c17-9(3-1-7-23-15(19)20)13(27)29-11(25)5-6-12(26)30-14(28)10(18)4-2-8-24-16(21)22;;;;/h9-10H,1-8,17-18H2,(H4,19,20,23)(H4,21,22,24);;;;/q;2*+1;2*-1/t9-,10-;;;;/m0..../s1. The Labute approximate surface area is 233 Å². The van der Waals surface area contributed by atoms with Crippen molar-refractivity contribution in [2.24, 2.45) is 44.4 Å². The van der Waals surface area contributed by atoms with Gasteiger partial charge in [0.05, 0.1) is 12.8 Å². The molecular formula is C16H32N8Na2O6. The summed E-state index contributed by atoms with van der Waals surface area (Å²) in [6.07, 6.45) is 0.254. The third kappa shape index (κ3) is 19.4. The van der Waals surface area contributed by atoms with Gasteiger partial charge < -0.3 is 46.7 Å². The molecule has 0 aliphatic heterocycles. The summed E-state index contributed by atoms with van der Waals surface area (Å²) >= 11 is 0. The largest absolute Gasteiger partial charge is 1.00 e. The summed E-state index contributed by atoms with van der Waals surface area (Å²) < 4.78 is 9.08. The van der Waals surface area contributed by atoms with Crippen LogP contribution in [0.2, 0.25) is 0 Å². The van der Waals surface area contributed by atoms with Crippen LogP contribution in [0.15, 0.2) is 9.98 Å². The molecule has 0 unspecified atom stereocenters. The number of nitrogens with zero attached hydrogens (tertiary/aromatic N) is 2. The second-order valence-electron chi connectivity index (χ2n) is 6.20. The number of carbonyl (C=O) groups excluding carboxylic acids is 4. The van der Waals surface area contributed by atoms with Gasteiger partial charge in [-0.15, -0.1) is 0 Å². The molecule has 0 aromatic heterocycles. The molecule has 0 amide bonds. The molecule has 0 saturated carbocycles. The molecule has 0 aromatic rings. The molecule has 0 spiro atoms. The van der Waals surface area contributed by atoms with Crippen LogP contribution in [0, 0.1) is 0 Å². The second-order valence-corrected chi connectivity index (χ2v) is 6.20. The van der Waals surface area contributed by atoms with Crippen LogP contribution >= 0.6 is 0 Å². The summed E-state index contributed by atoms with van der Waals surface area (Å²) in [7, 11) is 0. The van der Waals surface area contributed by atoms with Crippen LogP contribution < -0.4 is 93.5 Å². The van der Waals surface area contributed by atoms with Gasteiger partial charge in [0.2, 0.25) is 0 Å². The summed E-state index contributed by atoms with van der Waals surface area (Å²) in [6.45, 7) is 0.543. The third-order valence-electron chi connectivity index (χ3n) is 3.50. The smallest absolute Gasteiger partial charge is 1.00 e. The Kier molecular flexibility index (Phi) is 22.5. The van der Waals surface area contributed by atoms with E-state index in [1.54, 1.807) is 0 Å². The van der Waals surface area contributed by atoms with E-state index in [0.717, 1.165) is 0 Å².